The lowest BCUT2D eigenvalue weighted by Gasteiger charge is -2.50. The van der Waals surface area contributed by atoms with Crippen molar-refractivity contribution in [1.29, 1.82) is 0 Å². The van der Waals surface area contributed by atoms with Crippen molar-refractivity contribution in [2.75, 3.05) is 11.4 Å². The third kappa shape index (κ3) is 2.43. The van der Waals surface area contributed by atoms with E-state index in [-0.39, 0.29) is 12.1 Å². The van der Waals surface area contributed by atoms with E-state index in [4.69, 9.17) is 9.47 Å². The van der Waals surface area contributed by atoms with Crippen LogP contribution in [0.15, 0.2) is 18.2 Å². The zero-order valence-electron chi connectivity index (χ0n) is 14.6. The number of ether oxygens (including phenoxy) is 2. The number of esters is 2. The van der Waals surface area contributed by atoms with Crippen molar-refractivity contribution in [2.24, 2.45) is 5.41 Å². The number of cyclic esters (lactones) is 2. The summed E-state index contributed by atoms with van der Waals surface area (Å²) in [5.74, 6) is -2.63. The van der Waals surface area contributed by atoms with Gasteiger partial charge in [0.15, 0.2) is 5.41 Å². The Morgan fingerprint density at radius 2 is 1.88 bits per heavy atom. The Morgan fingerprint density at radius 1 is 1.28 bits per heavy atom. The molecule has 0 N–H and O–H groups in total. The molecule has 0 aromatic heterocycles. The highest BCUT2D eigenvalue weighted by Gasteiger charge is 2.62. The number of benzene rings is 1. The predicted octanol–water partition coefficient (Wildman–Crippen LogP) is 2.19. The van der Waals surface area contributed by atoms with Gasteiger partial charge in [-0.2, -0.15) is 0 Å². The van der Waals surface area contributed by atoms with Gasteiger partial charge in [-0.25, -0.2) is 0 Å². The van der Waals surface area contributed by atoms with Crippen LogP contribution in [0.5, 0.6) is 0 Å². The number of nitro groups is 1. The quantitative estimate of drug-likeness (QED) is 0.349. The lowest BCUT2D eigenvalue weighted by molar-refractivity contribution is -0.384. The highest BCUT2D eigenvalue weighted by atomic mass is 16.7. The topological polar surface area (TPSA) is 99.0 Å². The van der Waals surface area contributed by atoms with Crippen LogP contribution >= 0.6 is 0 Å². The molecule has 1 fully saturated rings. The molecule has 1 aromatic carbocycles. The van der Waals surface area contributed by atoms with Gasteiger partial charge in [0.2, 0.25) is 0 Å². The van der Waals surface area contributed by atoms with E-state index in [0.717, 1.165) is 5.69 Å². The first-order valence-corrected chi connectivity index (χ1v) is 8.13. The van der Waals surface area contributed by atoms with Gasteiger partial charge in [-0.15, -0.1) is 0 Å². The third-order valence-corrected chi connectivity index (χ3v) is 4.98. The average Bonchev–Trinajstić information content (AvgIpc) is 2.51. The predicted molar refractivity (Wildman–Crippen MR) is 88.0 cm³/mol. The van der Waals surface area contributed by atoms with E-state index in [9.17, 15) is 19.7 Å². The van der Waals surface area contributed by atoms with Gasteiger partial charge in [-0.3, -0.25) is 19.7 Å². The highest BCUT2D eigenvalue weighted by molar-refractivity contribution is 6.04. The highest BCUT2D eigenvalue weighted by Crippen LogP contribution is 2.47. The van der Waals surface area contributed by atoms with E-state index >= 15 is 0 Å². The van der Waals surface area contributed by atoms with Crippen molar-refractivity contribution in [2.45, 2.75) is 45.9 Å². The third-order valence-electron chi connectivity index (χ3n) is 4.98. The zero-order valence-corrected chi connectivity index (χ0v) is 14.6. The van der Waals surface area contributed by atoms with E-state index in [1.54, 1.807) is 13.0 Å². The summed E-state index contributed by atoms with van der Waals surface area (Å²) in [4.78, 5) is 38.1. The molecule has 2 heterocycles. The number of hydrogen-bond donors (Lipinski definition) is 0. The summed E-state index contributed by atoms with van der Waals surface area (Å²) in [6.45, 7) is 7.19. The van der Waals surface area contributed by atoms with Crippen molar-refractivity contribution in [3.05, 3.63) is 33.9 Å². The fourth-order valence-electron chi connectivity index (χ4n) is 3.69. The number of carbonyl (C=O) groups excluding carboxylic acids is 2. The number of rotatable bonds is 2. The standard InChI is InChI=1S/C17H20N2O6/c1-5-18-10(2)17(14(20)24-16(3,4)25-15(17)21)9-11-8-12(19(22)23)6-7-13(11)18/h6-8,10H,5,9H2,1-4H3. The summed E-state index contributed by atoms with van der Waals surface area (Å²) >= 11 is 0. The first-order chi connectivity index (χ1) is 11.6. The Bertz CT molecular complexity index is 752. The molecule has 1 saturated heterocycles. The molecule has 0 amide bonds. The van der Waals surface area contributed by atoms with E-state index in [1.807, 2.05) is 11.8 Å². The van der Waals surface area contributed by atoms with Crippen molar-refractivity contribution in [1.82, 2.24) is 0 Å². The van der Waals surface area contributed by atoms with Crippen LogP contribution in [0.1, 0.15) is 33.3 Å². The summed E-state index contributed by atoms with van der Waals surface area (Å²) in [5, 5.41) is 11.1. The van der Waals surface area contributed by atoms with Gasteiger partial charge in [-0.05, 0) is 25.5 Å². The fourth-order valence-corrected chi connectivity index (χ4v) is 3.69. The minimum atomic E-state index is -1.53. The largest absolute Gasteiger partial charge is 0.422 e. The first-order valence-electron chi connectivity index (χ1n) is 8.13. The van der Waals surface area contributed by atoms with Gasteiger partial charge in [0.1, 0.15) is 0 Å². The van der Waals surface area contributed by atoms with E-state index in [1.165, 1.54) is 26.0 Å². The van der Waals surface area contributed by atoms with Gasteiger partial charge in [0.05, 0.1) is 11.0 Å². The zero-order chi connectivity index (χ0) is 18.6. The Labute approximate surface area is 144 Å². The molecule has 0 radical (unpaired) electrons. The molecule has 0 bridgehead atoms. The molecule has 8 heteroatoms. The van der Waals surface area contributed by atoms with Crippen LogP contribution in [0.25, 0.3) is 0 Å². The van der Waals surface area contributed by atoms with Gasteiger partial charge in [-0.1, -0.05) is 0 Å². The molecule has 25 heavy (non-hydrogen) atoms. The molecule has 8 nitrogen and oxygen atoms in total. The maximum atomic E-state index is 12.8. The van der Waals surface area contributed by atoms with Crippen molar-refractivity contribution < 1.29 is 24.0 Å². The minimum Gasteiger partial charge on any atom is -0.422 e. The Morgan fingerprint density at radius 3 is 2.40 bits per heavy atom. The lowest BCUT2D eigenvalue weighted by Crippen LogP contribution is -2.65. The molecule has 0 aliphatic carbocycles. The van der Waals surface area contributed by atoms with E-state index in [0.29, 0.717) is 12.1 Å². The van der Waals surface area contributed by atoms with Crippen molar-refractivity contribution >= 4 is 23.3 Å². The van der Waals surface area contributed by atoms with Gasteiger partial charge in [0.25, 0.3) is 11.5 Å². The number of carbonyl (C=O) groups is 2. The van der Waals surface area contributed by atoms with Crippen LogP contribution in [-0.4, -0.2) is 35.2 Å². The van der Waals surface area contributed by atoms with E-state index < -0.39 is 34.1 Å². The molecule has 134 valence electrons. The van der Waals surface area contributed by atoms with Crippen molar-refractivity contribution in [3.63, 3.8) is 0 Å². The number of fused-ring (bicyclic) bond motifs is 1. The van der Waals surface area contributed by atoms with Crippen LogP contribution in [0.2, 0.25) is 0 Å². The van der Waals surface area contributed by atoms with Crippen LogP contribution in [0.4, 0.5) is 11.4 Å². The minimum absolute atomic E-state index is 0.00935. The SMILES string of the molecule is CCN1c2ccc([N+](=O)[O-])cc2CC2(C(=O)OC(C)(C)OC2=O)C1C. The summed E-state index contributed by atoms with van der Waals surface area (Å²) in [7, 11) is 0. The second kappa shape index (κ2) is 5.44. The number of non-ortho nitro benzene ring substituents is 1. The molecule has 2 aliphatic heterocycles. The van der Waals surface area contributed by atoms with Gasteiger partial charge in [0, 0.05) is 44.6 Å². The molecule has 1 spiro atoms. The van der Waals surface area contributed by atoms with Gasteiger partial charge >= 0.3 is 11.9 Å². The monoisotopic (exact) mass is 348 g/mol. The number of nitro benzene ring substituents is 1. The summed E-state index contributed by atoms with van der Waals surface area (Å²) in [6, 6.07) is 3.99. The van der Waals surface area contributed by atoms with Gasteiger partial charge < -0.3 is 14.4 Å². The molecule has 2 aliphatic rings. The van der Waals surface area contributed by atoms with Crippen molar-refractivity contribution in [3.8, 4) is 0 Å². The summed E-state index contributed by atoms with van der Waals surface area (Å²) < 4.78 is 10.7. The van der Waals surface area contributed by atoms with Crippen LogP contribution < -0.4 is 4.90 Å². The van der Waals surface area contributed by atoms with Crippen LogP contribution in [0.3, 0.4) is 0 Å². The molecular weight excluding hydrogens is 328 g/mol. The molecule has 1 aromatic rings. The summed E-state index contributed by atoms with van der Waals surface area (Å²) in [6.07, 6.45) is 0.00935. The second-order valence-electron chi connectivity index (χ2n) is 6.86. The average molecular weight is 348 g/mol. The maximum Gasteiger partial charge on any atom is 0.329 e. The molecule has 0 saturated carbocycles. The van der Waals surface area contributed by atoms with E-state index in [2.05, 4.69) is 0 Å². The van der Waals surface area contributed by atoms with Crippen LogP contribution in [-0.2, 0) is 25.5 Å². The normalized spacial score (nSPS) is 23.7. The Hall–Kier alpha value is -2.64. The maximum absolute atomic E-state index is 12.8. The van der Waals surface area contributed by atoms with Crippen LogP contribution in [0, 0.1) is 15.5 Å². The Balaban J connectivity index is 2.15. The molecular formula is C17H20N2O6. The molecule has 1 atom stereocenters. The molecule has 3 rings (SSSR count). The number of nitrogens with zero attached hydrogens (tertiary/aromatic N) is 2. The smallest absolute Gasteiger partial charge is 0.329 e. The number of anilines is 1. The lowest BCUT2D eigenvalue weighted by atomic mass is 9.71. The fraction of sp³-hybridized carbons (Fsp3) is 0.529. The number of hydrogen-bond acceptors (Lipinski definition) is 7. The first kappa shape index (κ1) is 17.2. The summed E-state index contributed by atoms with van der Waals surface area (Å²) in [5.41, 5.74) is -0.287. The molecule has 1 unspecified atom stereocenters. The second-order valence-corrected chi connectivity index (χ2v) is 6.86. The Kier molecular flexibility index (Phi) is 3.74.